The molecule has 2 heterocycles. The van der Waals surface area contributed by atoms with Gasteiger partial charge >= 0.3 is 0 Å². The molecule has 2 nitrogen and oxygen atoms in total. The van der Waals surface area contributed by atoms with E-state index in [1.54, 1.807) is 0 Å². The van der Waals surface area contributed by atoms with Crippen LogP contribution in [0.4, 0.5) is 0 Å². The number of benzene rings is 1. The third kappa shape index (κ3) is 3.00. The third-order valence-electron chi connectivity index (χ3n) is 3.18. The zero-order valence-electron chi connectivity index (χ0n) is 10.7. The summed E-state index contributed by atoms with van der Waals surface area (Å²) in [4.78, 5) is 5.82. The van der Waals surface area contributed by atoms with Gasteiger partial charge < -0.3 is 5.32 Å². The molecule has 0 bridgehead atoms. The summed E-state index contributed by atoms with van der Waals surface area (Å²) in [5.74, 6) is 0. The summed E-state index contributed by atoms with van der Waals surface area (Å²) in [5.41, 5.74) is 2.39. The molecule has 0 saturated heterocycles. The van der Waals surface area contributed by atoms with Gasteiger partial charge in [-0.2, -0.15) is 0 Å². The lowest BCUT2D eigenvalue weighted by molar-refractivity contribution is 0.693. The van der Waals surface area contributed by atoms with E-state index in [1.807, 2.05) is 23.6 Å². The molecule has 3 rings (SSSR count). The highest BCUT2D eigenvalue weighted by atomic mass is 32.1. The average molecular weight is 268 g/mol. The number of rotatable bonds is 5. The van der Waals surface area contributed by atoms with Crippen LogP contribution in [0.5, 0.6) is 0 Å². The zero-order chi connectivity index (χ0) is 12.9. The van der Waals surface area contributed by atoms with E-state index in [-0.39, 0.29) is 0 Å². The summed E-state index contributed by atoms with van der Waals surface area (Å²) in [7, 11) is 0. The number of thiophene rings is 1. The summed E-state index contributed by atoms with van der Waals surface area (Å²) < 4.78 is 0. The molecular formula is C16H16N2S. The fourth-order valence-corrected chi connectivity index (χ4v) is 2.91. The van der Waals surface area contributed by atoms with Crippen molar-refractivity contribution < 1.29 is 0 Å². The molecule has 0 aliphatic carbocycles. The van der Waals surface area contributed by atoms with Gasteiger partial charge in [0.1, 0.15) is 0 Å². The maximum Gasteiger partial charge on any atom is 0.0705 e. The normalized spacial score (nSPS) is 10.9. The van der Waals surface area contributed by atoms with Gasteiger partial charge in [0.25, 0.3) is 0 Å². The molecule has 1 N–H and O–H groups in total. The first-order chi connectivity index (χ1) is 9.43. The van der Waals surface area contributed by atoms with Gasteiger partial charge in [-0.15, -0.1) is 11.3 Å². The van der Waals surface area contributed by atoms with Crippen LogP contribution in [0, 0.1) is 0 Å². The van der Waals surface area contributed by atoms with E-state index in [4.69, 9.17) is 0 Å². The molecule has 1 aromatic carbocycles. The fraction of sp³-hybridized carbons (Fsp3) is 0.188. The van der Waals surface area contributed by atoms with Gasteiger partial charge in [0.15, 0.2) is 0 Å². The van der Waals surface area contributed by atoms with E-state index >= 15 is 0 Å². The minimum atomic E-state index is 0.897. The second-order valence-corrected chi connectivity index (χ2v) is 5.53. The van der Waals surface area contributed by atoms with Crippen molar-refractivity contribution in [1.82, 2.24) is 10.3 Å². The molecular weight excluding hydrogens is 252 g/mol. The average Bonchev–Trinajstić information content (AvgIpc) is 2.97. The Labute approximate surface area is 117 Å². The van der Waals surface area contributed by atoms with E-state index in [9.17, 15) is 0 Å². The van der Waals surface area contributed by atoms with E-state index in [0.29, 0.717) is 0 Å². The summed E-state index contributed by atoms with van der Waals surface area (Å²) in [6.07, 6.45) is 2.99. The zero-order valence-corrected chi connectivity index (χ0v) is 11.5. The Kier molecular flexibility index (Phi) is 3.86. The molecule has 0 fully saturated rings. The Morgan fingerprint density at radius 3 is 2.89 bits per heavy atom. The van der Waals surface area contributed by atoms with Crippen molar-refractivity contribution in [3.8, 4) is 0 Å². The fourth-order valence-electron chi connectivity index (χ4n) is 2.20. The number of pyridine rings is 1. The maximum atomic E-state index is 4.38. The van der Waals surface area contributed by atoms with Gasteiger partial charge in [-0.3, -0.25) is 4.98 Å². The highest BCUT2D eigenvalue weighted by Gasteiger charge is 2.00. The minimum Gasteiger partial charge on any atom is -0.312 e. The topological polar surface area (TPSA) is 24.9 Å². The molecule has 3 aromatic rings. The number of para-hydroxylation sites is 1. The molecule has 0 unspecified atom stereocenters. The van der Waals surface area contributed by atoms with Crippen LogP contribution in [0.1, 0.15) is 10.4 Å². The lowest BCUT2D eigenvalue weighted by Crippen LogP contribution is -2.16. The van der Waals surface area contributed by atoms with Gasteiger partial charge in [0.05, 0.1) is 5.52 Å². The molecule has 0 radical (unpaired) electrons. The van der Waals surface area contributed by atoms with Crippen molar-refractivity contribution in [1.29, 1.82) is 0 Å². The van der Waals surface area contributed by atoms with E-state index in [1.165, 1.54) is 15.8 Å². The summed E-state index contributed by atoms with van der Waals surface area (Å²) in [6, 6.07) is 14.7. The molecule has 0 aliphatic heterocycles. The monoisotopic (exact) mass is 268 g/mol. The first-order valence-electron chi connectivity index (χ1n) is 6.49. The molecule has 2 aromatic heterocycles. The molecule has 0 atom stereocenters. The predicted molar refractivity (Wildman–Crippen MR) is 81.5 cm³/mol. The quantitative estimate of drug-likeness (QED) is 0.715. The first-order valence-corrected chi connectivity index (χ1v) is 7.37. The van der Waals surface area contributed by atoms with Crippen LogP contribution in [0.3, 0.4) is 0 Å². The Morgan fingerprint density at radius 1 is 1.05 bits per heavy atom. The standard InChI is InChI=1S/C16H16N2S/c1-2-6-16-15(5-1)13(7-10-18-16)12-17-9-8-14-4-3-11-19-14/h1-7,10-11,17H,8-9,12H2. The smallest absolute Gasteiger partial charge is 0.0705 e. The summed E-state index contributed by atoms with van der Waals surface area (Å²) in [6.45, 7) is 1.91. The number of nitrogens with zero attached hydrogens (tertiary/aromatic N) is 1. The van der Waals surface area contributed by atoms with Gasteiger partial charge in [0, 0.05) is 29.5 Å². The number of aromatic nitrogens is 1. The predicted octanol–water partition coefficient (Wildman–Crippen LogP) is 3.63. The van der Waals surface area contributed by atoms with Crippen LogP contribution in [-0.2, 0) is 13.0 Å². The maximum absolute atomic E-state index is 4.38. The van der Waals surface area contributed by atoms with Crippen LogP contribution in [-0.4, -0.2) is 11.5 Å². The number of nitrogens with one attached hydrogen (secondary N) is 1. The molecule has 19 heavy (non-hydrogen) atoms. The van der Waals surface area contributed by atoms with Crippen molar-refractivity contribution in [3.05, 3.63) is 64.5 Å². The van der Waals surface area contributed by atoms with Crippen molar-refractivity contribution in [3.63, 3.8) is 0 Å². The molecule has 96 valence electrons. The molecule has 0 spiro atoms. The number of hydrogen-bond acceptors (Lipinski definition) is 3. The molecule has 3 heteroatoms. The van der Waals surface area contributed by atoms with Gasteiger partial charge in [-0.25, -0.2) is 0 Å². The molecule has 0 aliphatic rings. The van der Waals surface area contributed by atoms with E-state index < -0.39 is 0 Å². The van der Waals surface area contributed by atoms with E-state index in [2.05, 4.69) is 52.1 Å². The van der Waals surface area contributed by atoms with Crippen molar-refractivity contribution in [2.45, 2.75) is 13.0 Å². The SMILES string of the molecule is c1csc(CCNCc2ccnc3ccccc23)c1. The Balaban J connectivity index is 1.62. The molecule has 0 saturated carbocycles. The van der Waals surface area contributed by atoms with E-state index in [0.717, 1.165) is 25.0 Å². The highest BCUT2D eigenvalue weighted by Crippen LogP contribution is 2.15. The van der Waals surface area contributed by atoms with Crippen LogP contribution in [0.25, 0.3) is 10.9 Å². The van der Waals surface area contributed by atoms with Crippen LogP contribution >= 0.6 is 11.3 Å². The second-order valence-electron chi connectivity index (χ2n) is 4.49. The highest BCUT2D eigenvalue weighted by molar-refractivity contribution is 7.09. The lowest BCUT2D eigenvalue weighted by atomic mass is 10.1. The van der Waals surface area contributed by atoms with Crippen molar-refractivity contribution in [2.24, 2.45) is 0 Å². The van der Waals surface area contributed by atoms with Crippen LogP contribution in [0.2, 0.25) is 0 Å². The Morgan fingerprint density at radius 2 is 2.00 bits per heavy atom. The largest absolute Gasteiger partial charge is 0.312 e. The minimum absolute atomic E-state index is 0.897. The lowest BCUT2D eigenvalue weighted by Gasteiger charge is -2.07. The Hall–Kier alpha value is -1.71. The number of hydrogen-bond donors (Lipinski definition) is 1. The second kappa shape index (κ2) is 5.95. The van der Waals surface area contributed by atoms with Crippen LogP contribution < -0.4 is 5.32 Å². The number of fused-ring (bicyclic) bond motifs is 1. The van der Waals surface area contributed by atoms with Crippen molar-refractivity contribution in [2.75, 3.05) is 6.54 Å². The van der Waals surface area contributed by atoms with Gasteiger partial charge in [-0.05, 0) is 35.6 Å². The Bertz CT molecular complexity index is 641. The summed E-state index contributed by atoms with van der Waals surface area (Å²) in [5, 5.41) is 6.89. The van der Waals surface area contributed by atoms with Crippen LogP contribution in [0.15, 0.2) is 54.0 Å². The van der Waals surface area contributed by atoms with Crippen molar-refractivity contribution >= 4 is 22.2 Å². The third-order valence-corrected chi connectivity index (χ3v) is 4.12. The van der Waals surface area contributed by atoms with Gasteiger partial charge in [-0.1, -0.05) is 24.3 Å². The first kappa shape index (κ1) is 12.3. The van der Waals surface area contributed by atoms with Gasteiger partial charge in [0.2, 0.25) is 0 Å². The molecule has 0 amide bonds. The summed E-state index contributed by atoms with van der Waals surface area (Å²) >= 11 is 1.82.